The van der Waals surface area contributed by atoms with Gasteiger partial charge in [0.15, 0.2) is 0 Å². The third-order valence-electron chi connectivity index (χ3n) is 6.75. The molecule has 2 heterocycles. The number of aromatic nitrogens is 1. The number of carbonyl (C=O) groups is 1. The Labute approximate surface area is 195 Å². The number of carbonyl (C=O) groups excluding carboxylic acids is 1. The van der Waals surface area contributed by atoms with Gasteiger partial charge in [0.1, 0.15) is 0 Å². The molecule has 0 saturated heterocycles. The van der Waals surface area contributed by atoms with E-state index in [0.717, 1.165) is 34.6 Å². The number of nitrogens with zero attached hydrogens (tertiary/aromatic N) is 1. The molecule has 0 bridgehead atoms. The molecule has 0 spiro atoms. The van der Waals surface area contributed by atoms with Crippen molar-refractivity contribution in [2.75, 3.05) is 0 Å². The first-order valence-corrected chi connectivity index (χ1v) is 12.2. The molecular weight excluding hydrogens is 430 g/mol. The third-order valence-corrected chi connectivity index (χ3v) is 8.17. The molecule has 1 saturated carbocycles. The van der Waals surface area contributed by atoms with Crippen LogP contribution in [-0.2, 0) is 11.2 Å². The maximum atomic E-state index is 13.3. The van der Waals surface area contributed by atoms with Crippen molar-refractivity contribution < 1.29 is 9.90 Å². The molecule has 164 valence electrons. The Kier molecular flexibility index (Phi) is 4.88. The summed E-state index contributed by atoms with van der Waals surface area (Å²) < 4.78 is 1.48. The highest BCUT2D eigenvalue weighted by atomic mass is 32.2. The zero-order valence-corrected chi connectivity index (χ0v) is 18.8. The second-order valence-corrected chi connectivity index (χ2v) is 10.0. The fraction of sp³-hybridized carbons (Fsp3) is 0.214. The van der Waals surface area contributed by atoms with Crippen LogP contribution in [-0.4, -0.2) is 10.5 Å². The van der Waals surface area contributed by atoms with Crippen LogP contribution in [0.3, 0.4) is 0 Å². The summed E-state index contributed by atoms with van der Waals surface area (Å²) in [6.07, 6.45) is 2.80. The normalized spacial score (nSPS) is 19.5. The highest BCUT2D eigenvalue weighted by Crippen LogP contribution is 2.55. The Morgan fingerprint density at radius 3 is 2.42 bits per heavy atom. The quantitative estimate of drug-likeness (QED) is 0.444. The van der Waals surface area contributed by atoms with Crippen LogP contribution in [0.4, 0.5) is 0 Å². The standard InChI is InChI=1S/C28H23NO3S/c30-23-16-21(15-20-11-6-10-17-7-4-5-12-22(17)20)24(18-13-14-18)27-29(23)25(28(31)32)26(33-27)19-8-2-1-3-9-19/h1-12,16,18,25-26H,13-15H2,(H,31,32)/p-1/t25-,26+/m0/s1. The van der Waals surface area contributed by atoms with E-state index in [1.54, 1.807) is 6.07 Å². The van der Waals surface area contributed by atoms with Gasteiger partial charge in [-0.3, -0.25) is 9.36 Å². The number of benzene rings is 3. The van der Waals surface area contributed by atoms with E-state index in [9.17, 15) is 14.7 Å². The summed E-state index contributed by atoms with van der Waals surface area (Å²) >= 11 is 1.51. The molecule has 1 fully saturated rings. The van der Waals surface area contributed by atoms with Gasteiger partial charge in [0.2, 0.25) is 0 Å². The molecule has 6 rings (SSSR count). The zero-order valence-electron chi connectivity index (χ0n) is 17.9. The van der Waals surface area contributed by atoms with Crippen LogP contribution in [0.1, 0.15) is 52.3 Å². The molecule has 0 radical (unpaired) electrons. The van der Waals surface area contributed by atoms with E-state index in [1.165, 1.54) is 32.7 Å². The van der Waals surface area contributed by atoms with Crippen molar-refractivity contribution >= 4 is 28.5 Å². The van der Waals surface area contributed by atoms with Crippen LogP contribution in [0.5, 0.6) is 0 Å². The number of fused-ring (bicyclic) bond motifs is 2. The number of thioether (sulfide) groups is 1. The predicted octanol–water partition coefficient (Wildman–Crippen LogP) is 4.61. The van der Waals surface area contributed by atoms with Gasteiger partial charge in [-0.1, -0.05) is 84.6 Å². The number of aliphatic carboxylic acids is 1. The SMILES string of the molecule is O=C([O-])[C@@H]1[C@@H](c2ccccc2)Sc2c(C3CC3)c(Cc3cccc4ccccc34)cc(=O)n21. The number of hydrogen-bond donors (Lipinski definition) is 0. The molecule has 3 aromatic carbocycles. The molecule has 5 heteroatoms. The second kappa shape index (κ2) is 7.92. The second-order valence-electron chi connectivity index (χ2n) is 8.90. The molecule has 1 aromatic heterocycles. The average molecular weight is 453 g/mol. The van der Waals surface area contributed by atoms with Gasteiger partial charge in [-0.05, 0) is 58.2 Å². The van der Waals surface area contributed by atoms with E-state index in [4.69, 9.17) is 0 Å². The topological polar surface area (TPSA) is 62.1 Å². The molecule has 2 atom stereocenters. The van der Waals surface area contributed by atoms with Gasteiger partial charge in [-0.25, -0.2) is 0 Å². The average Bonchev–Trinajstić information content (AvgIpc) is 3.58. The molecular formula is C28H22NO3S-. The highest BCUT2D eigenvalue weighted by molar-refractivity contribution is 7.99. The Morgan fingerprint density at radius 2 is 1.67 bits per heavy atom. The van der Waals surface area contributed by atoms with Gasteiger partial charge in [-0.2, -0.15) is 0 Å². The summed E-state index contributed by atoms with van der Waals surface area (Å²) in [4.78, 5) is 25.6. The lowest BCUT2D eigenvalue weighted by Gasteiger charge is -2.22. The number of rotatable bonds is 5. The summed E-state index contributed by atoms with van der Waals surface area (Å²) in [7, 11) is 0. The summed E-state index contributed by atoms with van der Waals surface area (Å²) in [6.45, 7) is 0. The minimum absolute atomic E-state index is 0.259. The molecule has 4 aromatic rings. The fourth-order valence-electron chi connectivity index (χ4n) is 5.10. The molecule has 33 heavy (non-hydrogen) atoms. The van der Waals surface area contributed by atoms with Crippen LogP contribution in [0.2, 0.25) is 0 Å². The smallest absolute Gasteiger partial charge is 0.252 e. The van der Waals surface area contributed by atoms with Crippen LogP contribution < -0.4 is 10.7 Å². The van der Waals surface area contributed by atoms with E-state index in [0.29, 0.717) is 12.3 Å². The van der Waals surface area contributed by atoms with E-state index in [-0.39, 0.29) is 10.8 Å². The first-order chi connectivity index (χ1) is 16.1. The van der Waals surface area contributed by atoms with Gasteiger partial charge in [0.25, 0.3) is 5.56 Å². The summed E-state index contributed by atoms with van der Waals surface area (Å²) in [5.74, 6) is -0.831. The highest BCUT2D eigenvalue weighted by Gasteiger charge is 2.41. The summed E-state index contributed by atoms with van der Waals surface area (Å²) in [6, 6.07) is 24.8. The van der Waals surface area contributed by atoms with E-state index in [2.05, 4.69) is 30.3 Å². The monoisotopic (exact) mass is 452 g/mol. The van der Waals surface area contributed by atoms with Crippen LogP contribution in [0, 0.1) is 0 Å². The van der Waals surface area contributed by atoms with E-state index >= 15 is 0 Å². The molecule has 1 aliphatic carbocycles. The van der Waals surface area contributed by atoms with Crippen molar-refractivity contribution in [3.05, 3.63) is 111 Å². The Bertz CT molecular complexity index is 1430. The Hall–Kier alpha value is -3.31. The van der Waals surface area contributed by atoms with Crippen molar-refractivity contribution in [3.63, 3.8) is 0 Å². The van der Waals surface area contributed by atoms with Crippen LogP contribution in [0.15, 0.2) is 88.7 Å². The minimum Gasteiger partial charge on any atom is -0.548 e. The largest absolute Gasteiger partial charge is 0.548 e. The molecule has 2 aliphatic rings. The number of carboxylic acids is 1. The third kappa shape index (κ3) is 3.47. The fourth-order valence-corrected chi connectivity index (χ4v) is 6.73. The van der Waals surface area contributed by atoms with Gasteiger partial charge in [-0.15, -0.1) is 0 Å². The molecule has 1 aliphatic heterocycles. The molecule has 0 N–H and O–H groups in total. The van der Waals surface area contributed by atoms with Crippen molar-refractivity contribution in [2.24, 2.45) is 0 Å². The van der Waals surface area contributed by atoms with Gasteiger partial charge < -0.3 is 9.90 Å². The summed E-state index contributed by atoms with van der Waals surface area (Å²) in [5, 5.41) is 15.0. The Morgan fingerprint density at radius 1 is 0.939 bits per heavy atom. The number of hydrogen-bond acceptors (Lipinski definition) is 4. The minimum atomic E-state index is -1.21. The number of pyridine rings is 1. The lowest BCUT2D eigenvalue weighted by molar-refractivity contribution is -0.310. The maximum Gasteiger partial charge on any atom is 0.252 e. The lowest BCUT2D eigenvalue weighted by atomic mass is 9.94. The molecule has 0 amide bonds. The van der Waals surface area contributed by atoms with Crippen LogP contribution >= 0.6 is 11.8 Å². The van der Waals surface area contributed by atoms with Crippen LogP contribution in [0.25, 0.3) is 10.8 Å². The first-order valence-electron chi connectivity index (χ1n) is 11.3. The molecule has 4 nitrogen and oxygen atoms in total. The van der Waals surface area contributed by atoms with E-state index in [1.807, 2.05) is 42.5 Å². The van der Waals surface area contributed by atoms with E-state index < -0.39 is 12.0 Å². The zero-order chi connectivity index (χ0) is 22.5. The predicted molar refractivity (Wildman–Crippen MR) is 129 cm³/mol. The summed E-state index contributed by atoms with van der Waals surface area (Å²) in [5.41, 5.74) is 3.99. The Balaban J connectivity index is 1.51. The van der Waals surface area contributed by atoms with Gasteiger partial charge >= 0.3 is 0 Å². The van der Waals surface area contributed by atoms with Crippen molar-refractivity contribution in [2.45, 2.75) is 41.5 Å². The lowest BCUT2D eigenvalue weighted by Crippen LogP contribution is -2.38. The van der Waals surface area contributed by atoms with Gasteiger partial charge in [0, 0.05) is 6.07 Å². The first kappa shape index (κ1) is 20.3. The van der Waals surface area contributed by atoms with Crippen molar-refractivity contribution in [1.29, 1.82) is 0 Å². The number of carboxylic acid groups (broad SMARTS) is 1. The van der Waals surface area contributed by atoms with Crippen molar-refractivity contribution in [3.8, 4) is 0 Å². The van der Waals surface area contributed by atoms with Crippen molar-refractivity contribution in [1.82, 2.24) is 4.57 Å². The molecule has 0 unspecified atom stereocenters. The van der Waals surface area contributed by atoms with Gasteiger partial charge in [0.05, 0.1) is 22.3 Å². The maximum absolute atomic E-state index is 13.3.